The van der Waals surface area contributed by atoms with Crippen LogP contribution in [0.25, 0.3) is 0 Å². The predicted octanol–water partition coefficient (Wildman–Crippen LogP) is 0.744. The van der Waals surface area contributed by atoms with Crippen molar-refractivity contribution >= 4 is 17.3 Å². The van der Waals surface area contributed by atoms with Crippen LogP contribution < -0.4 is 16.6 Å². The maximum absolute atomic E-state index is 13.0. The van der Waals surface area contributed by atoms with Gasteiger partial charge in [-0.1, -0.05) is 0 Å². The summed E-state index contributed by atoms with van der Waals surface area (Å²) in [7, 11) is 0. The summed E-state index contributed by atoms with van der Waals surface area (Å²) in [5.41, 5.74) is 5.54. The molecule has 0 unspecified atom stereocenters. The quantitative estimate of drug-likeness (QED) is 0.682. The maximum Gasteiger partial charge on any atom is 0.276 e. The summed E-state index contributed by atoms with van der Waals surface area (Å²) in [6.45, 7) is 0. The number of nitrogen functional groups attached to an aromatic ring is 1. The molecule has 0 radical (unpaired) electrons. The van der Waals surface area contributed by atoms with E-state index in [1.807, 2.05) is 0 Å². The van der Waals surface area contributed by atoms with Gasteiger partial charge in [0.15, 0.2) is 0 Å². The second-order valence-corrected chi connectivity index (χ2v) is 3.49. The number of aromatic amines is 1. The van der Waals surface area contributed by atoms with Crippen LogP contribution in [-0.2, 0) is 0 Å². The Kier molecular flexibility index (Phi) is 3.05. The van der Waals surface area contributed by atoms with Gasteiger partial charge in [0.2, 0.25) is 0 Å². The molecule has 1 aromatic heterocycles. The lowest BCUT2D eigenvalue weighted by Crippen LogP contribution is -2.18. The number of nitrogens with zero attached hydrogens (tertiary/aromatic N) is 1. The Balaban J connectivity index is 2.23. The zero-order valence-corrected chi connectivity index (χ0v) is 9.11. The monoisotopic (exact) mass is 248 g/mol. The van der Waals surface area contributed by atoms with Gasteiger partial charge in [-0.05, 0) is 24.3 Å². The number of carbonyl (C=O) groups is 1. The molecule has 92 valence electrons. The lowest BCUT2D eigenvalue weighted by molar-refractivity contribution is 0.102. The first kappa shape index (κ1) is 11.8. The minimum Gasteiger partial charge on any atom is -0.397 e. The van der Waals surface area contributed by atoms with Crippen LogP contribution in [0.4, 0.5) is 15.8 Å². The van der Waals surface area contributed by atoms with Crippen LogP contribution in [0.15, 0.2) is 35.1 Å². The fourth-order valence-electron chi connectivity index (χ4n) is 1.29. The van der Waals surface area contributed by atoms with E-state index in [4.69, 9.17) is 5.73 Å². The molecule has 2 aromatic rings. The number of benzene rings is 1. The topological polar surface area (TPSA) is 101 Å². The smallest absolute Gasteiger partial charge is 0.276 e. The first-order chi connectivity index (χ1) is 8.56. The predicted molar refractivity (Wildman–Crippen MR) is 63.6 cm³/mol. The van der Waals surface area contributed by atoms with Gasteiger partial charge in [-0.25, -0.2) is 9.49 Å². The van der Waals surface area contributed by atoms with Gasteiger partial charge in [0.25, 0.3) is 11.5 Å². The third-order valence-electron chi connectivity index (χ3n) is 2.18. The van der Waals surface area contributed by atoms with Gasteiger partial charge in [0.05, 0.1) is 11.4 Å². The molecule has 0 aliphatic rings. The molecule has 0 atom stereocenters. The van der Waals surface area contributed by atoms with Gasteiger partial charge >= 0.3 is 0 Å². The van der Waals surface area contributed by atoms with Crippen molar-refractivity contribution in [2.24, 2.45) is 0 Å². The molecule has 1 amide bonds. The van der Waals surface area contributed by atoms with E-state index in [-0.39, 0.29) is 17.1 Å². The number of anilines is 2. The highest BCUT2D eigenvalue weighted by Crippen LogP contribution is 2.19. The molecule has 18 heavy (non-hydrogen) atoms. The molecule has 0 aliphatic carbocycles. The van der Waals surface area contributed by atoms with Crippen molar-refractivity contribution in [1.82, 2.24) is 10.2 Å². The average Bonchev–Trinajstić information content (AvgIpc) is 2.34. The molecule has 4 N–H and O–H groups in total. The summed E-state index contributed by atoms with van der Waals surface area (Å²) in [6, 6.07) is 6.04. The second-order valence-electron chi connectivity index (χ2n) is 3.49. The van der Waals surface area contributed by atoms with Crippen LogP contribution in [0, 0.1) is 5.82 Å². The van der Waals surface area contributed by atoms with Crippen LogP contribution in [0.3, 0.4) is 0 Å². The summed E-state index contributed by atoms with van der Waals surface area (Å²) in [4.78, 5) is 22.5. The molecule has 0 aliphatic heterocycles. The zero-order chi connectivity index (χ0) is 13.1. The number of nitrogens with two attached hydrogens (primary N) is 1. The largest absolute Gasteiger partial charge is 0.397 e. The third kappa shape index (κ3) is 2.51. The fraction of sp³-hybridized carbons (Fsp3) is 0. The van der Waals surface area contributed by atoms with Gasteiger partial charge in [-0.2, -0.15) is 5.10 Å². The number of rotatable bonds is 2. The highest BCUT2D eigenvalue weighted by molar-refractivity contribution is 6.04. The number of nitrogens with one attached hydrogen (secondary N) is 2. The molecular weight excluding hydrogens is 239 g/mol. The van der Waals surface area contributed by atoms with Gasteiger partial charge in [0, 0.05) is 6.07 Å². The standard InChI is InChI=1S/C11H9FN4O2/c12-6-1-2-7(13)9(5-6)14-11(18)8-3-4-10(17)16-15-8/h1-5H,13H2,(H,14,18)(H,16,17). The number of aromatic nitrogens is 2. The number of amides is 1. The lowest BCUT2D eigenvalue weighted by Gasteiger charge is -2.07. The van der Waals surface area contributed by atoms with Gasteiger partial charge in [0.1, 0.15) is 11.5 Å². The van der Waals surface area contributed by atoms with Crippen molar-refractivity contribution in [2.45, 2.75) is 0 Å². The van der Waals surface area contributed by atoms with E-state index in [1.54, 1.807) is 0 Å². The van der Waals surface area contributed by atoms with Crippen molar-refractivity contribution in [3.05, 3.63) is 52.2 Å². The Morgan fingerprint density at radius 1 is 1.33 bits per heavy atom. The molecule has 0 bridgehead atoms. The normalized spacial score (nSPS) is 10.1. The SMILES string of the molecule is Nc1ccc(F)cc1NC(=O)c1ccc(=O)[nH]n1. The molecule has 0 saturated heterocycles. The summed E-state index contributed by atoms with van der Waals surface area (Å²) < 4.78 is 13.0. The van der Waals surface area contributed by atoms with Gasteiger partial charge in [-0.15, -0.1) is 0 Å². The molecule has 1 aromatic carbocycles. The average molecular weight is 248 g/mol. The molecule has 0 spiro atoms. The molecule has 0 fully saturated rings. The summed E-state index contributed by atoms with van der Waals surface area (Å²) in [5.74, 6) is -1.11. The number of halogens is 1. The Bertz CT molecular complexity index is 633. The van der Waals surface area contributed by atoms with E-state index in [9.17, 15) is 14.0 Å². The van der Waals surface area contributed by atoms with Crippen LogP contribution in [0.1, 0.15) is 10.5 Å². The summed E-state index contributed by atoms with van der Waals surface area (Å²) >= 11 is 0. The molecular formula is C11H9FN4O2. The highest BCUT2D eigenvalue weighted by atomic mass is 19.1. The first-order valence-electron chi connectivity index (χ1n) is 4.98. The Morgan fingerprint density at radius 2 is 2.11 bits per heavy atom. The number of hydrogen-bond donors (Lipinski definition) is 3. The minimum atomic E-state index is -0.594. The summed E-state index contributed by atoms with van der Waals surface area (Å²) in [6.07, 6.45) is 0. The van der Waals surface area contributed by atoms with Crippen molar-refractivity contribution in [3.8, 4) is 0 Å². The van der Waals surface area contributed by atoms with E-state index in [0.717, 1.165) is 12.1 Å². The molecule has 6 nitrogen and oxygen atoms in total. The molecule has 1 heterocycles. The van der Waals surface area contributed by atoms with Crippen molar-refractivity contribution in [2.75, 3.05) is 11.1 Å². The first-order valence-corrected chi connectivity index (χ1v) is 4.98. The number of hydrogen-bond acceptors (Lipinski definition) is 4. The Hall–Kier alpha value is -2.70. The number of carbonyl (C=O) groups excluding carboxylic acids is 1. The lowest BCUT2D eigenvalue weighted by atomic mass is 10.2. The van der Waals surface area contributed by atoms with E-state index in [2.05, 4.69) is 15.5 Å². The van der Waals surface area contributed by atoms with Crippen molar-refractivity contribution in [3.63, 3.8) is 0 Å². The zero-order valence-electron chi connectivity index (χ0n) is 9.11. The van der Waals surface area contributed by atoms with E-state index >= 15 is 0 Å². The fourth-order valence-corrected chi connectivity index (χ4v) is 1.29. The second kappa shape index (κ2) is 4.66. The van der Waals surface area contributed by atoms with Gasteiger partial charge < -0.3 is 11.1 Å². The van der Waals surface area contributed by atoms with Crippen molar-refractivity contribution in [1.29, 1.82) is 0 Å². The van der Waals surface area contributed by atoms with Gasteiger partial charge in [-0.3, -0.25) is 9.59 Å². The van der Waals surface area contributed by atoms with Crippen LogP contribution in [-0.4, -0.2) is 16.1 Å². The van der Waals surface area contributed by atoms with E-state index < -0.39 is 17.3 Å². The molecule has 7 heteroatoms. The van der Waals surface area contributed by atoms with E-state index in [0.29, 0.717) is 0 Å². The van der Waals surface area contributed by atoms with Crippen LogP contribution in [0.5, 0.6) is 0 Å². The molecule has 2 rings (SSSR count). The van der Waals surface area contributed by atoms with Crippen molar-refractivity contribution < 1.29 is 9.18 Å². The minimum absolute atomic E-state index is 0.00161. The third-order valence-corrected chi connectivity index (χ3v) is 2.18. The highest BCUT2D eigenvalue weighted by Gasteiger charge is 2.10. The Labute approximate surface area is 101 Å². The summed E-state index contributed by atoms with van der Waals surface area (Å²) in [5, 5.41) is 8.06. The molecule has 0 saturated carbocycles. The van der Waals surface area contributed by atoms with Crippen LogP contribution >= 0.6 is 0 Å². The maximum atomic E-state index is 13.0. The van der Waals surface area contributed by atoms with E-state index in [1.165, 1.54) is 18.2 Å². The van der Waals surface area contributed by atoms with Crippen LogP contribution in [0.2, 0.25) is 0 Å². The number of H-pyrrole nitrogens is 1. The Morgan fingerprint density at radius 3 is 2.78 bits per heavy atom.